The summed E-state index contributed by atoms with van der Waals surface area (Å²) in [4.78, 5) is 0. The van der Waals surface area contributed by atoms with E-state index >= 15 is 0 Å². The highest BCUT2D eigenvalue weighted by molar-refractivity contribution is 9.10. The summed E-state index contributed by atoms with van der Waals surface area (Å²) >= 11 is 3.16. The second-order valence-electron chi connectivity index (χ2n) is 4.63. The Hall–Kier alpha value is -0.750. The summed E-state index contributed by atoms with van der Waals surface area (Å²) in [6.45, 7) is 2.22. The van der Waals surface area contributed by atoms with Crippen LogP contribution in [0.25, 0.3) is 0 Å². The van der Waals surface area contributed by atoms with E-state index in [1.54, 1.807) is 0 Å². The minimum absolute atomic E-state index is 0.104. The third-order valence-electron chi connectivity index (χ3n) is 3.20. The fourth-order valence-corrected chi connectivity index (χ4v) is 2.49. The standard InChI is InChI=1S/C13H15BrF3NO/c14-10-1-2-11(13(15,16)17)12(7-10)19-6-4-9-3-5-18-8-9/h1-2,7,9,18H,3-6,8H2. The van der Waals surface area contributed by atoms with Crippen LogP contribution in [0.2, 0.25) is 0 Å². The van der Waals surface area contributed by atoms with Crippen molar-refractivity contribution < 1.29 is 17.9 Å². The highest BCUT2D eigenvalue weighted by Gasteiger charge is 2.34. The van der Waals surface area contributed by atoms with Crippen LogP contribution in [-0.2, 0) is 6.18 Å². The first-order valence-electron chi connectivity index (χ1n) is 6.17. The van der Waals surface area contributed by atoms with Crippen LogP contribution in [-0.4, -0.2) is 19.7 Å². The Morgan fingerprint density at radius 3 is 2.79 bits per heavy atom. The molecule has 1 atom stereocenters. The van der Waals surface area contributed by atoms with Gasteiger partial charge < -0.3 is 10.1 Å². The van der Waals surface area contributed by atoms with E-state index < -0.39 is 11.7 Å². The van der Waals surface area contributed by atoms with Gasteiger partial charge in [-0.25, -0.2) is 0 Å². The van der Waals surface area contributed by atoms with E-state index in [1.807, 2.05) is 0 Å². The van der Waals surface area contributed by atoms with Crippen LogP contribution in [0.1, 0.15) is 18.4 Å². The van der Waals surface area contributed by atoms with Gasteiger partial charge >= 0.3 is 6.18 Å². The second-order valence-corrected chi connectivity index (χ2v) is 5.55. The Bertz CT molecular complexity index is 430. The molecule has 2 nitrogen and oxygen atoms in total. The molecule has 0 saturated carbocycles. The van der Waals surface area contributed by atoms with Gasteiger partial charge in [0.25, 0.3) is 0 Å². The van der Waals surface area contributed by atoms with E-state index in [0.29, 0.717) is 17.0 Å². The van der Waals surface area contributed by atoms with Crippen LogP contribution in [0.4, 0.5) is 13.2 Å². The fraction of sp³-hybridized carbons (Fsp3) is 0.538. The van der Waals surface area contributed by atoms with Crippen LogP contribution in [0, 0.1) is 5.92 Å². The van der Waals surface area contributed by atoms with Crippen molar-refractivity contribution >= 4 is 15.9 Å². The third-order valence-corrected chi connectivity index (χ3v) is 3.69. The first-order valence-corrected chi connectivity index (χ1v) is 6.96. The summed E-state index contributed by atoms with van der Waals surface area (Å²) in [7, 11) is 0. The van der Waals surface area contributed by atoms with Gasteiger partial charge in [0.15, 0.2) is 0 Å². The van der Waals surface area contributed by atoms with Gasteiger partial charge in [0.1, 0.15) is 5.75 Å². The zero-order chi connectivity index (χ0) is 13.9. The number of benzene rings is 1. The van der Waals surface area contributed by atoms with Crippen molar-refractivity contribution in [3.8, 4) is 5.75 Å². The maximum absolute atomic E-state index is 12.8. The van der Waals surface area contributed by atoms with Crippen molar-refractivity contribution in [2.24, 2.45) is 5.92 Å². The number of alkyl halides is 3. The average Bonchev–Trinajstić information content (AvgIpc) is 2.80. The van der Waals surface area contributed by atoms with Crippen LogP contribution in [0.5, 0.6) is 5.75 Å². The monoisotopic (exact) mass is 337 g/mol. The van der Waals surface area contributed by atoms with Gasteiger partial charge in [0.2, 0.25) is 0 Å². The lowest BCUT2D eigenvalue weighted by Crippen LogP contribution is -2.13. The highest BCUT2D eigenvalue weighted by atomic mass is 79.9. The SMILES string of the molecule is FC(F)(F)c1ccc(Br)cc1OCCC1CCNC1. The van der Waals surface area contributed by atoms with Crippen molar-refractivity contribution in [2.45, 2.75) is 19.0 Å². The summed E-state index contributed by atoms with van der Waals surface area (Å²) in [6.07, 6.45) is -2.55. The minimum atomic E-state index is -4.38. The normalized spacial score (nSPS) is 19.7. The molecule has 0 radical (unpaired) electrons. The Kier molecular flexibility index (Phi) is 4.73. The molecule has 0 aromatic heterocycles. The van der Waals surface area contributed by atoms with Crippen LogP contribution in [0.3, 0.4) is 0 Å². The van der Waals surface area contributed by atoms with Crippen LogP contribution >= 0.6 is 15.9 Å². The van der Waals surface area contributed by atoms with E-state index in [-0.39, 0.29) is 5.75 Å². The molecular formula is C13H15BrF3NO. The molecular weight excluding hydrogens is 323 g/mol. The maximum atomic E-state index is 12.8. The predicted octanol–water partition coefficient (Wildman–Crippen LogP) is 3.85. The largest absolute Gasteiger partial charge is 0.493 e. The molecule has 1 saturated heterocycles. The van der Waals surface area contributed by atoms with Crippen LogP contribution in [0.15, 0.2) is 22.7 Å². The highest BCUT2D eigenvalue weighted by Crippen LogP contribution is 2.37. The maximum Gasteiger partial charge on any atom is 0.419 e. The molecule has 1 aromatic rings. The number of hydrogen-bond donors (Lipinski definition) is 1. The van der Waals surface area contributed by atoms with Gasteiger partial charge in [-0.2, -0.15) is 13.2 Å². The lowest BCUT2D eigenvalue weighted by Gasteiger charge is -2.15. The number of ether oxygens (including phenoxy) is 1. The molecule has 1 unspecified atom stereocenters. The minimum Gasteiger partial charge on any atom is -0.493 e. The quantitative estimate of drug-likeness (QED) is 0.901. The predicted molar refractivity (Wildman–Crippen MR) is 70.2 cm³/mol. The molecule has 106 valence electrons. The molecule has 1 aliphatic rings. The Morgan fingerprint density at radius 1 is 1.37 bits per heavy atom. The molecule has 1 aromatic carbocycles. The molecule has 19 heavy (non-hydrogen) atoms. The topological polar surface area (TPSA) is 21.3 Å². The van der Waals surface area contributed by atoms with E-state index in [1.165, 1.54) is 12.1 Å². The van der Waals surface area contributed by atoms with E-state index in [4.69, 9.17) is 4.74 Å². The van der Waals surface area contributed by atoms with Gasteiger partial charge in [-0.1, -0.05) is 15.9 Å². The van der Waals surface area contributed by atoms with Crippen molar-refractivity contribution in [1.82, 2.24) is 5.32 Å². The van der Waals surface area contributed by atoms with Crippen molar-refractivity contribution in [3.05, 3.63) is 28.2 Å². The van der Waals surface area contributed by atoms with E-state index in [9.17, 15) is 13.2 Å². The Labute approximate surface area is 118 Å². The molecule has 0 spiro atoms. The van der Waals surface area contributed by atoms with Crippen molar-refractivity contribution in [3.63, 3.8) is 0 Å². The number of rotatable bonds is 4. The second kappa shape index (κ2) is 6.13. The number of halogens is 4. The van der Waals surface area contributed by atoms with Crippen molar-refractivity contribution in [2.75, 3.05) is 19.7 Å². The lowest BCUT2D eigenvalue weighted by molar-refractivity contribution is -0.139. The van der Waals surface area contributed by atoms with Crippen molar-refractivity contribution in [1.29, 1.82) is 0 Å². The smallest absolute Gasteiger partial charge is 0.419 e. The molecule has 1 heterocycles. The van der Waals surface area contributed by atoms with Gasteiger partial charge in [0, 0.05) is 4.47 Å². The van der Waals surface area contributed by atoms with Gasteiger partial charge in [-0.05, 0) is 50.0 Å². The molecule has 0 bridgehead atoms. The lowest BCUT2D eigenvalue weighted by atomic mass is 10.1. The fourth-order valence-electron chi connectivity index (χ4n) is 2.15. The first-order chi connectivity index (χ1) is 8.97. The molecule has 1 fully saturated rings. The molecule has 2 rings (SSSR count). The molecule has 6 heteroatoms. The molecule has 0 amide bonds. The van der Waals surface area contributed by atoms with Gasteiger partial charge in [-0.15, -0.1) is 0 Å². The number of hydrogen-bond acceptors (Lipinski definition) is 2. The van der Waals surface area contributed by atoms with Gasteiger partial charge in [-0.3, -0.25) is 0 Å². The molecule has 1 N–H and O–H groups in total. The summed E-state index contributed by atoms with van der Waals surface area (Å²) in [5.41, 5.74) is -0.722. The average molecular weight is 338 g/mol. The zero-order valence-corrected chi connectivity index (χ0v) is 11.9. The molecule has 1 aliphatic heterocycles. The summed E-state index contributed by atoms with van der Waals surface area (Å²) in [5, 5.41) is 3.22. The zero-order valence-electron chi connectivity index (χ0n) is 10.3. The first kappa shape index (κ1) is 14.7. The Morgan fingerprint density at radius 2 is 2.16 bits per heavy atom. The Balaban J connectivity index is 1.99. The van der Waals surface area contributed by atoms with Gasteiger partial charge in [0.05, 0.1) is 12.2 Å². The summed E-state index contributed by atoms with van der Waals surface area (Å²) in [6, 6.07) is 3.78. The summed E-state index contributed by atoms with van der Waals surface area (Å²) in [5.74, 6) is 0.398. The molecule has 0 aliphatic carbocycles. The van der Waals surface area contributed by atoms with Crippen LogP contribution < -0.4 is 10.1 Å². The van der Waals surface area contributed by atoms with E-state index in [0.717, 1.165) is 32.0 Å². The third kappa shape index (κ3) is 4.11. The number of nitrogens with one attached hydrogen (secondary N) is 1. The summed E-state index contributed by atoms with van der Waals surface area (Å²) < 4.78 is 44.3. The van der Waals surface area contributed by atoms with E-state index in [2.05, 4.69) is 21.2 Å².